The van der Waals surface area contributed by atoms with Crippen molar-refractivity contribution in [3.05, 3.63) is 12.2 Å². The highest BCUT2D eigenvalue weighted by Gasteiger charge is 2.28. The van der Waals surface area contributed by atoms with Crippen molar-refractivity contribution in [2.75, 3.05) is 19.8 Å². The normalized spacial score (nSPS) is 13.9. The van der Waals surface area contributed by atoms with Crippen LogP contribution in [0.1, 0.15) is 206 Å². The highest BCUT2D eigenvalue weighted by molar-refractivity contribution is 7.47. The van der Waals surface area contributed by atoms with Gasteiger partial charge in [0.25, 0.3) is 0 Å². The lowest BCUT2D eigenvalue weighted by Gasteiger charge is -2.18. The quantitative estimate of drug-likeness (QED) is 0.0202. The molecule has 0 radical (unpaired) electrons. The molecule has 3 atom stereocenters. The molecule has 0 saturated heterocycles. The number of carbonyl (C=O) groups is 3. The van der Waals surface area contributed by atoms with Crippen molar-refractivity contribution in [2.45, 2.75) is 219 Å². The molecule has 0 aliphatic carbocycles. The van der Waals surface area contributed by atoms with Crippen LogP contribution in [-0.4, -0.2) is 64.9 Å². The van der Waals surface area contributed by atoms with Crippen molar-refractivity contribution < 1.29 is 47.8 Å². The van der Waals surface area contributed by atoms with Crippen LogP contribution in [0.4, 0.5) is 0 Å². The molecule has 1 amide bonds. The monoisotopic (exact) mass is 790 g/mol. The topological polar surface area (TPSA) is 169 Å². The Morgan fingerprint density at radius 1 is 0.574 bits per heavy atom. The van der Waals surface area contributed by atoms with Gasteiger partial charge in [0, 0.05) is 12.8 Å². The van der Waals surface area contributed by atoms with E-state index in [-0.39, 0.29) is 12.8 Å². The summed E-state index contributed by atoms with van der Waals surface area (Å²) < 4.78 is 26.8. The molecule has 0 rings (SSSR count). The van der Waals surface area contributed by atoms with Gasteiger partial charge >= 0.3 is 19.8 Å². The van der Waals surface area contributed by atoms with E-state index in [9.17, 15) is 34.1 Å². The number of nitrogens with one attached hydrogen (secondary N) is 1. The summed E-state index contributed by atoms with van der Waals surface area (Å²) in [5.74, 6) is -2.37. The van der Waals surface area contributed by atoms with Crippen LogP contribution in [0, 0.1) is 0 Å². The lowest BCUT2D eigenvalue weighted by atomic mass is 10.0. The molecule has 0 saturated carbocycles. The summed E-state index contributed by atoms with van der Waals surface area (Å²) in [6, 6.07) is -1.54. The van der Waals surface area contributed by atoms with Gasteiger partial charge in [-0.15, -0.1) is 0 Å². The minimum absolute atomic E-state index is 0.150. The Hall–Kier alpha value is -1.78. The molecule has 0 aliphatic rings. The molecule has 0 aromatic heterocycles. The maximum absolute atomic E-state index is 12.3. The van der Waals surface area contributed by atoms with E-state index in [1.807, 2.05) is 0 Å². The van der Waals surface area contributed by atoms with E-state index >= 15 is 0 Å². The van der Waals surface area contributed by atoms with E-state index in [4.69, 9.17) is 13.8 Å². The smallest absolute Gasteiger partial charge is 0.472 e. The van der Waals surface area contributed by atoms with Crippen molar-refractivity contribution in [3.8, 4) is 0 Å². The van der Waals surface area contributed by atoms with Crippen LogP contribution < -0.4 is 5.32 Å². The SMILES string of the molecule is CCCCCCCC/C=C\CCCCCCCCCC(=O)OCC(O)COP(=O)(O)OCC(NC(=O)CCCCCCCCCCCCCCC)C(=O)O. The maximum Gasteiger partial charge on any atom is 0.472 e. The number of hydrogen-bond donors (Lipinski definition) is 4. The van der Waals surface area contributed by atoms with Crippen molar-refractivity contribution in [1.29, 1.82) is 0 Å². The Balaban J connectivity index is 3.88. The Kier molecular flexibility index (Phi) is 36.9. The first kappa shape index (κ1) is 52.2. The number of phosphoric ester groups is 1. The molecule has 0 heterocycles. The molecule has 54 heavy (non-hydrogen) atoms. The molecular formula is C42H80NO10P. The van der Waals surface area contributed by atoms with Crippen LogP contribution in [0.25, 0.3) is 0 Å². The fourth-order valence-electron chi connectivity index (χ4n) is 6.13. The van der Waals surface area contributed by atoms with Crippen LogP contribution >= 0.6 is 7.82 Å². The Morgan fingerprint density at radius 2 is 0.963 bits per heavy atom. The van der Waals surface area contributed by atoms with Gasteiger partial charge in [0.2, 0.25) is 5.91 Å². The molecule has 0 aromatic carbocycles. The zero-order valence-corrected chi connectivity index (χ0v) is 35.2. The van der Waals surface area contributed by atoms with E-state index < -0.39 is 57.6 Å². The van der Waals surface area contributed by atoms with Gasteiger partial charge < -0.3 is 25.2 Å². The van der Waals surface area contributed by atoms with Crippen molar-refractivity contribution in [2.24, 2.45) is 0 Å². The summed E-state index contributed by atoms with van der Waals surface area (Å²) in [6.07, 6.45) is 36.6. The summed E-state index contributed by atoms with van der Waals surface area (Å²) in [5.41, 5.74) is 0. The third-order valence-corrected chi connectivity index (χ3v) is 10.5. The fraction of sp³-hybridized carbons (Fsp3) is 0.881. The van der Waals surface area contributed by atoms with E-state index in [0.29, 0.717) is 12.8 Å². The first-order valence-corrected chi connectivity index (χ1v) is 23.2. The molecular weight excluding hydrogens is 709 g/mol. The third-order valence-electron chi connectivity index (χ3n) is 9.55. The number of allylic oxidation sites excluding steroid dienone is 2. The number of ether oxygens (including phenoxy) is 1. The zero-order valence-electron chi connectivity index (χ0n) is 34.3. The minimum atomic E-state index is -4.75. The highest BCUT2D eigenvalue weighted by atomic mass is 31.2. The molecule has 0 bridgehead atoms. The number of carboxylic acids is 1. The molecule has 0 fully saturated rings. The number of carbonyl (C=O) groups excluding carboxylic acids is 2. The highest BCUT2D eigenvalue weighted by Crippen LogP contribution is 2.43. The van der Waals surface area contributed by atoms with Gasteiger partial charge in [-0.1, -0.05) is 167 Å². The average Bonchev–Trinajstić information content (AvgIpc) is 3.14. The van der Waals surface area contributed by atoms with Crippen molar-refractivity contribution >= 4 is 25.7 Å². The van der Waals surface area contributed by atoms with Crippen LogP contribution in [0.2, 0.25) is 0 Å². The first-order valence-electron chi connectivity index (χ1n) is 21.7. The van der Waals surface area contributed by atoms with Gasteiger partial charge in [-0.3, -0.25) is 18.6 Å². The molecule has 12 heteroatoms. The third kappa shape index (κ3) is 37.2. The van der Waals surface area contributed by atoms with Gasteiger partial charge in [0.05, 0.1) is 13.2 Å². The van der Waals surface area contributed by atoms with Crippen LogP contribution in [-0.2, 0) is 32.7 Å². The van der Waals surface area contributed by atoms with Crippen molar-refractivity contribution in [3.63, 3.8) is 0 Å². The molecule has 0 aromatic rings. The second-order valence-corrected chi connectivity index (χ2v) is 16.3. The number of esters is 1. The summed E-state index contributed by atoms with van der Waals surface area (Å²) in [6.45, 7) is 2.59. The number of carboxylic acid groups (broad SMARTS) is 1. The largest absolute Gasteiger partial charge is 0.480 e. The Labute approximate surface area is 328 Å². The van der Waals surface area contributed by atoms with E-state index in [2.05, 4.69) is 31.3 Å². The predicted octanol–water partition coefficient (Wildman–Crippen LogP) is 10.9. The number of rotatable bonds is 41. The number of aliphatic carboxylic acids is 1. The molecule has 3 unspecified atom stereocenters. The minimum Gasteiger partial charge on any atom is -0.480 e. The molecule has 11 nitrogen and oxygen atoms in total. The van der Waals surface area contributed by atoms with E-state index in [0.717, 1.165) is 44.9 Å². The standard InChI is InChI=1S/C42H80NO10P/c1-3-5-7-9-11-13-15-17-18-19-20-22-24-26-28-30-32-34-41(46)51-35-38(44)36-52-54(49,50)53-37-39(42(47)48)43-40(45)33-31-29-27-25-23-21-16-14-12-10-8-6-4-2/h17-18,38-39,44H,3-16,19-37H2,1-2H3,(H,43,45)(H,47,48)(H,49,50)/b18-17-. The fourth-order valence-corrected chi connectivity index (χ4v) is 6.91. The van der Waals surface area contributed by atoms with Crippen LogP contribution in [0.3, 0.4) is 0 Å². The summed E-state index contributed by atoms with van der Waals surface area (Å²) in [4.78, 5) is 45.8. The average molecular weight is 790 g/mol. The first-order chi connectivity index (χ1) is 26.1. The lowest BCUT2D eigenvalue weighted by Crippen LogP contribution is -2.43. The number of amides is 1. The summed E-state index contributed by atoms with van der Waals surface area (Å²) >= 11 is 0. The van der Waals surface area contributed by atoms with Crippen LogP contribution in [0.15, 0.2) is 12.2 Å². The molecule has 318 valence electrons. The second kappa shape index (κ2) is 38.1. The van der Waals surface area contributed by atoms with E-state index in [1.54, 1.807) is 0 Å². The number of unbranched alkanes of at least 4 members (excludes halogenated alkanes) is 25. The maximum atomic E-state index is 12.3. The van der Waals surface area contributed by atoms with Gasteiger partial charge in [0.1, 0.15) is 12.7 Å². The van der Waals surface area contributed by atoms with Gasteiger partial charge in [-0.25, -0.2) is 9.36 Å². The number of phosphoric acid groups is 1. The predicted molar refractivity (Wildman–Crippen MR) is 217 cm³/mol. The number of aliphatic hydroxyl groups is 1. The molecule has 0 aliphatic heterocycles. The van der Waals surface area contributed by atoms with Crippen molar-refractivity contribution in [1.82, 2.24) is 5.32 Å². The Morgan fingerprint density at radius 3 is 1.41 bits per heavy atom. The van der Waals surface area contributed by atoms with E-state index in [1.165, 1.54) is 122 Å². The van der Waals surface area contributed by atoms with Crippen LogP contribution in [0.5, 0.6) is 0 Å². The second-order valence-electron chi connectivity index (χ2n) is 14.9. The molecule has 4 N–H and O–H groups in total. The summed E-state index contributed by atoms with van der Waals surface area (Å²) in [5, 5.41) is 21.8. The van der Waals surface area contributed by atoms with Gasteiger partial charge in [0.15, 0.2) is 6.04 Å². The summed E-state index contributed by atoms with van der Waals surface area (Å²) in [7, 11) is -4.75. The number of aliphatic hydroxyl groups excluding tert-OH is 1. The number of hydrogen-bond acceptors (Lipinski definition) is 8. The van der Waals surface area contributed by atoms with Gasteiger partial charge in [-0.2, -0.15) is 0 Å². The zero-order chi connectivity index (χ0) is 40.0. The van der Waals surface area contributed by atoms with Gasteiger partial charge in [-0.05, 0) is 38.5 Å². The Bertz CT molecular complexity index is 979. The molecule has 0 spiro atoms. The lowest BCUT2D eigenvalue weighted by molar-refractivity contribution is -0.147.